The molecule has 0 aromatic rings. The van der Waals surface area contributed by atoms with Gasteiger partial charge in [0.25, 0.3) is 0 Å². The average Bonchev–Trinajstić information content (AvgIpc) is 2.36. The van der Waals surface area contributed by atoms with Gasteiger partial charge >= 0.3 is 0 Å². The third-order valence-electron chi connectivity index (χ3n) is 4.55. The van der Waals surface area contributed by atoms with Gasteiger partial charge in [0.15, 0.2) is 0 Å². The van der Waals surface area contributed by atoms with E-state index in [2.05, 4.69) is 20.8 Å². The second-order valence-corrected chi connectivity index (χ2v) is 5.83. The van der Waals surface area contributed by atoms with Gasteiger partial charge in [-0.1, -0.05) is 40.0 Å². The van der Waals surface area contributed by atoms with Crippen molar-refractivity contribution >= 4 is 0 Å². The minimum atomic E-state index is 0.361. The predicted octanol–water partition coefficient (Wildman–Crippen LogP) is 3.76. The van der Waals surface area contributed by atoms with E-state index in [4.69, 9.17) is 5.11 Å². The molecule has 1 rings (SSSR count). The van der Waals surface area contributed by atoms with Gasteiger partial charge in [0, 0.05) is 6.61 Å². The Balaban J connectivity index is 2.34. The zero-order chi connectivity index (χ0) is 10.7. The molecule has 0 radical (unpaired) electrons. The first-order valence-corrected chi connectivity index (χ1v) is 6.13. The van der Waals surface area contributed by atoms with Gasteiger partial charge in [0.1, 0.15) is 0 Å². The van der Waals surface area contributed by atoms with Gasteiger partial charge < -0.3 is 5.11 Å². The molecule has 1 aliphatic rings. The number of rotatable bonds is 5. The Morgan fingerprint density at radius 2 is 1.71 bits per heavy atom. The molecule has 1 heteroatoms. The van der Waals surface area contributed by atoms with Crippen LogP contribution < -0.4 is 0 Å². The number of aliphatic hydroxyl groups is 1. The van der Waals surface area contributed by atoms with Crippen molar-refractivity contribution in [1.82, 2.24) is 0 Å². The highest BCUT2D eigenvalue weighted by Gasteiger charge is 2.43. The first kappa shape index (κ1) is 12.0. The van der Waals surface area contributed by atoms with Crippen LogP contribution in [0.3, 0.4) is 0 Å². The second kappa shape index (κ2) is 4.65. The molecule has 1 nitrogen and oxygen atoms in total. The van der Waals surface area contributed by atoms with Gasteiger partial charge in [0.2, 0.25) is 0 Å². The fourth-order valence-electron chi connectivity index (χ4n) is 2.83. The van der Waals surface area contributed by atoms with Gasteiger partial charge in [-0.2, -0.15) is 0 Å². The molecule has 1 N–H and O–H groups in total. The van der Waals surface area contributed by atoms with Gasteiger partial charge in [0.05, 0.1) is 0 Å². The third kappa shape index (κ3) is 2.50. The van der Waals surface area contributed by atoms with Crippen LogP contribution in [-0.2, 0) is 0 Å². The van der Waals surface area contributed by atoms with E-state index in [1.165, 1.54) is 38.5 Å². The van der Waals surface area contributed by atoms with Crippen molar-refractivity contribution in [3.8, 4) is 0 Å². The van der Waals surface area contributed by atoms with Crippen LogP contribution in [0.2, 0.25) is 0 Å². The SMILES string of the molecule is CC1(C)CCCC1(C)CCCCCO. The largest absolute Gasteiger partial charge is 0.396 e. The van der Waals surface area contributed by atoms with Gasteiger partial charge in [-0.15, -0.1) is 0 Å². The molecule has 0 aromatic carbocycles. The van der Waals surface area contributed by atoms with Gasteiger partial charge in [-0.05, 0) is 36.5 Å². The molecule has 0 amide bonds. The Bertz CT molecular complexity index is 174. The van der Waals surface area contributed by atoms with E-state index in [0.717, 1.165) is 6.42 Å². The summed E-state index contributed by atoms with van der Waals surface area (Å²) in [6, 6.07) is 0. The van der Waals surface area contributed by atoms with Crippen LogP contribution in [0.5, 0.6) is 0 Å². The van der Waals surface area contributed by atoms with Crippen LogP contribution in [0.1, 0.15) is 65.7 Å². The number of unbranched alkanes of at least 4 members (excludes halogenated alkanes) is 2. The first-order chi connectivity index (χ1) is 6.52. The fraction of sp³-hybridized carbons (Fsp3) is 1.00. The standard InChI is InChI=1S/C13H26O/c1-12(2)8-7-10-13(12,3)9-5-4-6-11-14/h14H,4-11H2,1-3H3. The van der Waals surface area contributed by atoms with Crippen molar-refractivity contribution < 1.29 is 5.11 Å². The molecule has 1 atom stereocenters. The smallest absolute Gasteiger partial charge is 0.0431 e. The highest BCUT2D eigenvalue weighted by molar-refractivity contribution is 4.94. The molecule has 0 aliphatic heterocycles. The van der Waals surface area contributed by atoms with Crippen molar-refractivity contribution in [1.29, 1.82) is 0 Å². The van der Waals surface area contributed by atoms with Gasteiger partial charge in [-0.25, -0.2) is 0 Å². The third-order valence-corrected chi connectivity index (χ3v) is 4.55. The molecule has 0 heterocycles. The molecular weight excluding hydrogens is 172 g/mol. The maximum atomic E-state index is 8.73. The number of hydrogen-bond donors (Lipinski definition) is 1. The summed E-state index contributed by atoms with van der Waals surface area (Å²) in [6.07, 6.45) is 9.02. The second-order valence-electron chi connectivity index (χ2n) is 5.83. The lowest BCUT2D eigenvalue weighted by molar-refractivity contribution is 0.114. The van der Waals surface area contributed by atoms with E-state index in [1.54, 1.807) is 0 Å². The summed E-state index contributed by atoms with van der Waals surface area (Å²) in [5.74, 6) is 0. The zero-order valence-corrected chi connectivity index (χ0v) is 10.1. The van der Waals surface area contributed by atoms with Crippen LogP contribution in [0.25, 0.3) is 0 Å². The Morgan fingerprint density at radius 1 is 1.00 bits per heavy atom. The summed E-state index contributed by atoms with van der Waals surface area (Å²) < 4.78 is 0. The van der Waals surface area contributed by atoms with Crippen LogP contribution in [0.4, 0.5) is 0 Å². The molecule has 84 valence electrons. The van der Waals surface area contributed by atoms with E-state index in [0.29, 0.717) is 17.4 Å². The summed E-state index contributed by atoms with van der Waals surface area (Å²) in [5.41, 5.74) is 1.09. The Hall–Kier alpha value is -0.0400. The van der Waals surface area contributed by atoms with E-state index in [-0.39, 0.29) is 0 Å². The average molecular weight is 198 g/mol. The van der Waals surface area contributed by atoms with E-state index in [9.17, 15) is 0 Å². The summed E-state index contributed by atoms with van der Waals surface area (Å²) in [5, 5.41) is 8.73. The van der Waals surface area contributed by atoms with Gasteiger partial charge in [-0.3, -0.25) is 0 Å². The molecule has 0 spiro atoms. The van der Waals surface area contributed by atoms with Crippen LogP contribution in [-0.4, -0.2) is 11.7 Å². The number of aliphatic hydroxyl groups excluding tert-OH is 1. The highest BCUT2D eigenvalue weighted by atomic mass is 16.2. The normalized spacial score (nSPS) is 30.9. The predicted molar refractivity (Wildman–Crippen MR) is 61.3 cm³/mol. The Labute approximate surface area is 88.9 Å². The molecule has 0 saturated heterocycles. The highest BCUT2D eigenvalue weighted by Crippen LogP contribution is 2.54. The maximum Gasteiger partial charge on any atom is 0.0431 e. The van der Waals surface area contributed by atoms with Crippen molar-refractivity contribution in [2.24, 2.45) is 10.8 Å². The quantitative estimate of drug-likeness (QED) is 0.667. The molecule has 1 fully saturated rings. The molecule has 1 saturated carbocycles. The van der Waals surface area contributed by atoms with Crippen molar-refractivity contribution in [2.45, 2.75) is 65.7 Å². The van der Waals surface area contributed by atoms with Crippen molar-refractivity contribution in [2.75, 3.05) is 6.61 Å². The molecule has 0 aromatic heterocycles. The minimum Gasteiger partial charge on any atom is -0.396 e. The maximum absolute atomic E-state index is 8.73. The lowest BCUT2D eigenvalue weighted by Crippen LogP contribution is -2.29. The minimum absolute atomic E-state index is 0.361. The fourth-order valence-corrected chi connectivity index (χ4v) is 2.83. The first-order valence-electron chi connectivity index (χ1n) is 6.13. The molecule has 14 heavy (non-hydrogen) atoms. The molecule has 1 aliphatic carbocycles. The van der Waals surface area contributed by atoms with Crippen LogP contribution >= 0.6 is 0 Å². The Kier molecular flexibility index (Phi) is 4.00. The summed E-state index contributed by atoms with van der Waals surface area (Å²) in [7, 11) is 0. The molecule has 1 unspecified atom stereocenters. The monoisotopic (exact) mass is 198 g/mol. The van der Waals surface area contributed by atoms with E-state index in [1.807, 2.05) is 0 Å². The summed E-state index contributed by atoms with van der Waals surface area (Å²) >= 11 is 0. The summed E-state index contributed by atoms with van der Waals surface area (Å²) in [6.45, 7) is 7.66. The summed E-state index contributed by atoms with van der Waals surface area (Å²) in [4.78, 5) is 0. The topological polar surface area (TPSA) is 20.2 Å². The van der Waals surface area contributed by atoms with Crippen molar-refractivity contribution in [3.63, 3.8) is 0 Å². The number of hydrogen-bond acceptors (Lipinski definition) is 1. The molecule has 0 bridgehead atoms. The lowest BCUT2D eigenvalue weighted by Gasteiger charge is -2.38. The van der Waals surface area contributed by atoms with Crippen molar-refractivity contribution in [3.05, 3.63) is 0 Å². The lowest BCUT2D eigenvalue weighted by atomic mass is 9.67. The van der Waals surface area contributed by atoms with Crippen LogP contribution in [0, 0.1) is 10.8 Å². The van der Waals surface area contributed by atoms with E-state index >= 15 is 0 Å². The van der Waals surface area contributed by atoms with E-state index < -0.39 is 0 Å². The zero-order valence-electron chi connectivity index (χ0n) is 10.1. The Morgan fingerprint density at radius 3 is 2.21 bits per heavy atom. The molecular formula is C13H26O. The van der Waals surface area contributed by atoms with Crippen LogP contribution in [0.15, 0.2) is 0 Å².